The molecule has 0 aromatic carbocycles. The molecule has 4 N–H and O–H groups in total. The molecule has 1 saturated heterocycles. The van der Waals surface area contributed by atoms with Crippen molar-refractivity contribution in [3.8, 4) is 0 Å². The lowest BCUT2D eigenvalue weighted by atomic mass is 9.96. The van der Waals surface area contributed by atoms with Gasteiger partial charge in [0, 0.05) is 25.8 Å². The third-order valence-electron chi connectivity index (χ3n) is 3.58. The van der Waals surface area contributed by atoms with E-state index in [9.17, 15) is 5.11 Å². The molecule has 20 heavy (non-hydrogen) atoms. The highest BCUT2D eigenvalue weighted by Gasteiger charge is 2.25. The quantitative estimate of drug-likeness (QED) is 0.534. The molecular formula is C13H23N5O2. The van der Waals surface area contributed by atoms with Gasteiger partial charge in [0.25, 0.3) is 0 Å². The molecule has 7 nitrogen and oxygen atoms in total. The number of rotatable bonds is 5. The van der Waals surface area contributed by atoms with E-state index in [4.69, 9.17) is 10.6 Å². The number of ether oxygens (including phenoxy) is 1. The van der Waals surface area contributed by atoms with Crippen molar-refractivity contribution in [2.24, 2.45) is 11.8 Å². The van der Waals surface area contributed by atoms with Crippen molar-refractivity contribution >= 4 is 11.6 Å². The van der Waals surface area contributed by atoms with Crippen molar-refractivity contribution in [3.05, 3.63) is 11.9 Å². The Morgan fingerprint density at radius 3 is 3.00 bits per heavy atom. The van der Waals surface area contributed by atoms with Gasteiger partial charge in [-0.25, -0.2) is 15.8 Å². The molecule has 0 amide bonds. The van der Waals surface area contributed by atoms with E-state index >= 15 is 0 Å². The second-order valence-corrected chi connectivity index (χ2v) is 5.09. The molecule has 2 heterocycles. The van der Waals surface area contributed by atoms with Crippen LogP contribution in [0, 0.1) is 5.92 Å². The number of hydrazine groups is 1. The molecule has 0 spiro atoms. The van der Waals surface area contributed by atoms with Gasteiger partial charge in [0.1, 0.15) is 18.2 Å². The topological polar surface area (TPSA) is 96.5 Å². The summed E-state index contributed by atoms with van der Waals surface area (Å²) in [4.78, 5) is 10.8. The fraction of sp³-hybridized carbons (Fsp3) is 0.692. The van der Waals surface area contributed by atoms with Gasteiger partial charge in [-0.15, -0.1) is 0 Å². The molecule has 7 heteroatoms. The van der Waals surface area contributed by atoms with Crippen LogP contribution in [0.2, 0.25) is 0 Å². The molecule has 1 aromatic rings. The van der Waals surface area contributed by atoms with Crippen LogP contribution in [0.1, 0.15) is 26.1 Å². The minimum absolute atomic E-state index is 0.322. The molecule has 0 aliphatic carbocycles. The zero-order valence-electron chi connectivity index (χ0n) is 12.0. The summed E-state index contributed by atoms with van der Waals surface area (Å²) in [5, 5.41) is 10.00. The van der Waals surface area contributed by atoms with E-state index in [1.807, 2.05) is 6.92 Å². The molecule has 1 fully saturated rings. The lowest BCUT2D eigenvalue weighted by Crippen LogP contribution is -2.43. The Morgan fingerprint density at radius 2 is 2.35 bits per heavy atom. The van der Waals surface area contributed by atoms with Gasteiger partial charge in [0.2, 0.25) is 0 Å². The summed E-state index contributed by atoms with van der Waals surface area (Å²) in [5.41, 5.74) is 2.55. The molecule has 0 bridgehead atoms. The van der Waals surface area contributed by atoms with E-state index in [2.05, 4.69) is 27.2 Å². The van der Waals surface area contributed by atoms with Crippen molar-refractivity contribution in [2.75, 3.05) is 30.0 Å². The Balaban J connectivity index is 2.17. The molecule has 2 unspecified atom stereocenters. The van der Waals surface area contributed by atoms with Crippen LogP contribution >= 0.6 is 0 Å². The first kappa shape index (κ1) is 15.0. The fourth-order valence-corrected chi connectivity index (χ4v) is 2.23. The Hall–Kier alpha value is -1.44. The normalized spacial score (nSPS) is 22.9. The van der Waals surface area contributed by atoms with Crippen LogP contribution in [0.3, 0.4) is 0 Å². The summed E-state index contributed by atoms with van der Waals surface area (Å²) in [6.07, 6.45) is 0.612. The highest BCUT2D eigenvalue weighted by molar-refractivity contribution is 5.49. The smallest absolute Gasteiger partial charge is 0.158 e. The number of β-amino-alcohol motifs (C(OH)–C–C–N with tert-alkyl or cyclic N) is 1. The summed E-state index contributed by atoms with van der Waals surface area (Å²) in [7, 11) is 0. The van der Waals surface area contributed by atoms with Gasteiger partial charge in [-0.1, -0.05) is 6.92 Å². The SMILES string of the molecule is CCOCc1nc(NN)cc(N2CCC(C)C(O)C2)n1. The number of hydrogen-bond acceptors (Lipinski definition) is 7. The fourth-order valence-electron chi connectivity index (χ4n) is 2.23. The summed E-state index contributed by atoms with van der Waals surface area (Å²) < 4.78 is 5.34. The van der Waals surface area contributed by atoms with E-state index in [0.29, 0.717) is 37.3 Å². The molecule has 1 aliphatic rings. The molecule has 112 valence electrons. The Bertz CT molecular complexity index is 443. The van der Waals surface area contributed by atoms with Crippen molar-refractivity contribution in [1.29, 1.82) is 0 Å². The third kappa shape index (κ3) is 3.56. The Labute approximate surface area is 119 Å². The second-order valence-electron chi connectivity index (χ2n) is 5.09. The number of nitrogen functional groups attached to an aromatic ring is 1. The van der Waals surface area contributed by atoms with Crippen LogP contribution in [0.15, 0.2) is 6.07 Å². The van der Waals surface area contributed by atoms with Gasteiger partial charge < -0.3 is 20.2 Å². The molecule has 1 aromatic heterocycles. The molecular weight excluding hydrogens is 258 g/mol. The predicted octanol–water partition coefficient (Wildman–Crippen LogP) is 0.506. The van der Waals surface area contributed by atoms with Crippen LogP contribution in [-0.2, 0) is 11.3 Å². The van der Waals surface area contributed by atoms with Crippen LogP contribution in [-0.4, -0.2) is 40.9 Å². The lowest BCUT2D eigenvalue weighted by Gasteiger charge is -2.35. The number of nitrogens with one attached hydrogen (secondary N) is 1. The first-order chi connectivity index (χ1) is 9.63. The number of piperidine rings is 1. The standard InChI is InChI=1S/C13H23N5O2/c1-3-20-8-12-15-11(17-14)6-13(16-12)18-5-4-9(2)10(19)7-18/h6,9-10,19H,3-5,7-8,14H2,1-2H3,(H,15,16,17). The molecule has 1 aliphatic heterocycles. The number of aromatic nitrogens is 2. The van der Waals surface area contributed by atoms with Crippen LogP contribution in [0.25, 0.3) is 0 Å². The van der Waals surface area contributed by atoms with E-state index in [1.165, 1.54) is 0 Å². The molecule has 0 saturated carbocycles. The number of anilines is 2. The van der Waals surface area contributed by atoms with Crippen LogP contribution in [0.4, 0.5) is 11.6 Å². The van der Waals surface area contributed by atoms with Gasteiger partial charge >= 0.3 is 0 Å². The second kappa shape index (κ2) is 6.83. The monoisotopic (exact) mass is 281 g/mol. The molecule has 2 atom stereocenters. The van der Waals surface area contributed by atoms with Crippen LogP contribution in [0.5, 0.6) is 0 Å². The summed E-state index contributed by atoms with van der Waals surface area (Å²) in [6.45, 7) is 6.40. The highest BCUT2D eigenvalue weighted by atomic mass is 16.5. The first-order valence-corrected chi connectivity index (χ1v) is 6.99. The highest BCUT2D eigenvalue weighted by Crippen LogP contribution is 2.23. The first-order valence-electron chi connectivity index (χ1n) is 6.99. The van der Waals surface area contributed by atoms with E-state index in [0.717, 1.165) is 18.8 Å². The number of nitrogens with two attached hydrogens (primary N) is 1. The molecule has 2 rings (SSSR count). The van der Waals surface area contributed by atoms with E-state index in [1.54, 1.807) is 6.07 Å². The summed E-state index contributed by atoms with van der Waals surface area (Å²) in [5.74, 6) is 7.68. The van der Waals surface area contributed by atoms with Gasteiger partial charge in [0.05, 0.1) is 6.10 Å². The minimum Gasteiger partial charge on any atom is -0.391 e. The molecule has 0 radical (unpaired) electrons. The van der Waals surface area contributed by atoms with Crippen LogP contribution < -0.4 is 16.2 Å². The van der Waals surface area contributed by atoms with Crippen molar-refractivity contribution in [2.45, 2.75) is 33.0 Å². The minimum atomic E-state index is -0.330. The maximum atomic E-state index is 10.00. The average Bonchev–Trinajstić information content (AvgIpc) is 2.47. The van der Waals surface area contributed by atoms with Crippen molar-refractivity contribution < 1.29 is 9.84 Å². The number of nitrogens with zero attached hydrogens (tertiary/aromatic N) is 3. The summed E-state index contributed by atoms with van der Waals surface area (Å²) in [6, 6.07) is 1.79. The van der Waals surface area contributed by atoms with Gasteiger partial charge in [-0.3, -0.25) is 0 Å². The average molecular weight is 281 g/mol. The number of hydrogen-bond donors (Lipinski definition) is 3. The Morgan fingerprint density at radius 1 is 1.55 bits per heavy atom. The van der Waals surface area contributed by atoms with Crippen molar-refractivity contribution in [3.63, 3.8) is 0 Å². The zero-order valence-corrected chi connectivity index (χ0v) is 12.0. The number of aliphatic hydroxyl groups excluding tert-OH is 1. The van der Waals surface area contributed by atoms with E-state index < -0.39 is 0 Å². The maximum absolute atomic E-state index is 10.00. The van der Waals surface area contributed by atoms with E-state index in [-0.39, 0.29) is 6.10 Å². The lowest BCUT2D eigenvalue weighted by molar-refractivity contribution is 0.102. The maximum Gasteiger partial charge on any atom is 0.158 e. The van der Waals surface area contributed by atoms with Gasteiger partial charge in [-0.05, 0) is 19.3 Å². The largest absolute Gasteiger partial charge is 0.391 e. The van der Waals surface area contributed by atoms with Gasteiger partial charge in [0.15, 0.2) is 5.82 Å². The summed E-state index contributed by atoms with van der Waals surface area (Å²) >= 11 is 0. The Kier molecular flexibility index (Phi) is 5.11. The predicted molar refractivity (Wildman–Crippen MR) is 77.2 cm³/mol. The third-order valence-corrected chi connectivity index (χ3v) is 3.58. The zero-order chi connectivity index (χ0) is 14.5. The van der Waals surface area contributed by atoms with Crippen molar-refractivity contribution in [1.82, 2.24) is 9.97 Å². The van der Waals surface area contributed by atoms with Gasteiger partial charge in [-0.2, -0.15) is 0 Å². The number of aliphatic hydroxyl groups is 1.